The van der Waals surface area contributed by atoms with Gasteiger partial charge in [-0.05, 0) is 54.5 Å². The number of aromatic nitrogens is 2. The van der Waals surface area contributed by atoms with E-state index < -0.39 is 0 Å². The van der Waals surface area contributed by atoms with Crippen LogP contribution < -0.4 is 4.74 Å². The summed E-state index contributed by atoms with van der Waals surface area (Å²) < 4.78 is 9.20. The Morgan fingerprint density at radius 3 is 2.90 bits per heavy atom. The van der Waals surface area contributed by atoms with E-state index in [1.54, 1.807) is 7.11 Å². The molecule has 1 aromatic heterocycles. The minimum absolute atomic E-state index is 0.756. The van der Waals surface area contributed by atoms with Crippen molar-refractivity contribution in [2.45, 2.75) is 13.0 Å². The molecule has 21 heavy (non-hydrogen) atoms. The van der Waals surface area contributed by atoms with Crippen LogP contribution in [-0.4, -0.2) is 16.7 Å². The summed E-state index contributed by atoms with van der Waals surface area (Å²) in [6.45, 7) is 0.841. The van der Waals surface area contributed by atoms with Crippen molar-refractivity contribution in [2.24, 2.45) is 0 Å². The van der Waals surface area contributed by atoms with Gasteiger partial charge >= 0.3 is 0 Å². The van der Waals surface area contributed by atoms with Gasteiger partial charge in [-0.3, -0.25) is 0 Å². The maximum absolute atomic E-state index is 5.43. The fourth-order valence-electron chi connectivity index (χ4n) is 2.43. The third-order valence-electron chi connectivity index (χ3n) is 3.49. The number of halogens is 1. The van der Waals surface area contributed by atoms with Crippen LogP contribution in [0.4, 0.5) is 0 Å². The molecule has 0 spiro atoms. The Kier molecular flexibility index (Phi) is 4.12. The van der Waals surface area contributed by atoms with Gasteiger partial charge in [0.2, 0.25) is 0 Å². The number of imidazole rings is 1. The number of nitrogens with zero attached hydrogens (tertiary/aromatic N) is 1. The first-order chi connectivity index (χ1) is 10.2. The van der Waals surface area contributed by atoms with Gasteiger partial charge in [-0.2, -0.15) is 0 Å². The highest BCUT2D eigenvalue weighted by Crippen LogP contribution is 2.20. The molecule has 0 aliphatic carbocycles. The Labute approximate surface area is 136 Å². The summed E-state index contributed by atoms with van der Waals surface area (Å²) in [6.07, 6.45) is 0.911. The average Bonchev–Trinajstić information content (AvgIpc) is 2.80. The van der Waals surface area contributed by atoms with Gasteiger partial charge in [0.1, 0.15) is 5.75 Å². The number of benzene rings is 2. The number of H-pyrrole nitrogens is 1. The normalized spacial score (nSPS) is 11.0. The second-order valence-electron chi connectivity index (χ2n) is 4.84. The molecular formula is C16H15BrN2OS. The van der Waals surface area contributed by atoms with Crippen molar-refractivity contribution in [1.82, 2.24) is 9.55 Å². The highest BCUT2D eigenvalue weighted by molar-refractivity contribution is 9.10. The number of aromatic amines is 1. The zero-order chi connectivity index (χ0) is 14.8. The second-order valence-corrected chi connectivity index (χ2v) is 6.15. The Morgan fingerprint density at radius 2 is 2.10 bits per heavy atom. The number of nitrogens with one attached hydrogen (secondary N) is 1. The Balaban J connectivity index is 1.88. The van der Waals surface area contributed by atoms with Gasteiger partial charge in [-0.1, -0.05) is 28.1 Å². The smallest absolute Gasteiger partial charge is 0.178 e. The van der Waals surface area contributed by atoms with Crippen LogP contribution >= 0.6 is 28.1 Å². The highest BCUT2D eigenvalue weighted by Gasteiger charge is 2.05. The van der Waals surface area contributed by atoms with Gasteiger partial charge in [0.05, 0.1) is 18.1 Å². The first kappa shape index (κ1) is 14.4. The minimum atomic E-state index is 0.756. The Bertz CT molecular complexity index is 838. The lowest BCUT2D eigenvalue weighted by Crippen LogP contribution is -2.01. The first-order valence-electron chi connectivity index (χ1n) is 6.68. The molecule has 3 nitrogen and oxygen atoms in total. The number of hydrogen-bond acceptors (Lipinski definition) is 2. The van der Waals surface area contributed by atoms with E-state index in [1.165, 1.54) is 5.56 Å². The number of methoxy groups -OCH3 is 1. The molecule has 0 amide bonds. The number of hydrogen-bond donors (Lipinski definition) is 1. The highest BCUT2D eigenvalue weighted by atomic mass is 79.9. The molecule has 2 aromatic carbocycles. The molecule has 1 heterocycles. The molecule has 5 heteroatoms. The van der Waals surface area contributed by atoms with Crippen LogP contribution in [0.5, 0.6) is 5.75 Å². The molecule has 0 fully saturated rings. The fraction of sp³-hybridized carbons (Fsp3) is 0.188. The standard InChI is InChI=1S/C16H15BrN2OS/c1-20-13-4-2-3-11(9-13)7-8-19-15-6-5-12(17)10-14(15)18-16(19)21/h2-6,9-10H,7-8H2,1H3,(H,18,21). The summed E-state index contributed by atoms with van der Waals surface area (Å²) in [6, 6.07) is 14.3. The monoisotopic (exact) mass is 362 g/mol. The van der Waals surface area contributed by atoms with Gasteiger partial charge in [0.15, 0.2) is 4.77 Å². The van der Waals surface area contributed by atoms with Crippen molar-refractivity contribution in [1.29, 1.82) is 0 Å². The zero-order valence-electron chi connectivity index (χ0n) is 11.6. The van der Waals surface area contributed by atoms with Crippen LogP contribution in [0.3, 0.4) is 0 Å². The van der Waals surface area contributed by atoms with Gasteiger partial charge in [-0.25, -0.2) is 0 Å². The van der Waals surface area contributed by atoms with Crippen molar-refractivity contribution in [3.05, 3.63) is 57.3 Å². The van der Waals surface area contributed by atoms with Crippen molar-refractivity contribution in [2.75, 3.05) is 7.11 Å². The van der Waals surface area contributed by atoms with Crippen LogP contribution in [0.2, 0.25) is 0 Å². The van der Waals surface area contributed by atoms with E-state index in [2.05, 4.69) is 43.7 Å². The third-order valence-corrected chi connectivity index (χ3v) is 4.31. The summed E-state index contributed by atoms with van der Waals surface area (Å²) in [5, 5.41) is 0. The number of aryl methyl sites for hydroxylation is 2. The summed E-state index contributed by atoms with van der Waals surface area (Å²) in [5.41, 5.74) is 3.42. The molecule has 0 unspecified atom stereocenters. The SMILES string of the molecule is COc1cccc(CCn2c(=S)[nH]c3cc(Br)ccc32)c1. The lowest BCUT2D eigenvalue weighted by molar-refractivity contribution is 0.414. The van der Waals surface area contributed by atoms with Crippen molar-refractivity contribution < 1.29 is 4.74 Å². The molecule has 0 radical (unpaired) electrons. The Hall–Kier alpha value is -1.59. The summed E-state index contributed by atoms with van der Waals surface area (Å²) in [4.78, 5) is 3.25. The fourth-order valence-corrected chi connectivity index (χ4v) is 3.09. The van der Waals surface area contributed by atoms with E-state index in [-0.39, 0.29) is 0 Å². The lowest BCUT2D eigenvalue weighted by atomic mass is 10.1. The van der Waals surface area contributed by atoms with Crippen LogP contribution in [0.25, 0.3) is 11.0 Å². The van der Waals surface area contributed by atoms with Crippen LogP contribution in [0.15, 0.2) is 46.9 Å². The maximum atomic E-state index is 5.43. The largest absolute Gasteiger partial charge is 0.497 e. The van der Waals surface area contributed by atoms with Gasteiger partial charge in [0.25, 0.3) is 0 Å². The van der Waals surface area contributed by atoms with Gasteiger partial charge < -0.3 is 14.3 Å². The quantitative estimate of drug-likeness (QED) is 0.681. The van der Waals surface area contributed by atoms with E-state index in [0.717, 1.165) is 39.0 Å². The molecule has 0 saturated carbocycles. The number of fused-ring (bicyclic) bond motifs is 1. The first-order valence-corrected chi connectivity index (χ1v) is 7.88. The topological polar surface area (TPSA) is 29.9 Å². The lowest BCUT2D eigenvalue weighted by Gasteiger charge is -2.06. The summed E-state index contributed by atoms with van der Waals surface area (Å²) >= 11 is 8.91. The van der Waals surface area contributed by atoms with Gasteiger partial charge in [-0.15, -0.1) is 0 Å². The predicted molar refractivity (Wildman–Crippen MR) is 91.5 cm³/mol. The van der Waals surface area contributed by atoms with Crippen LogP contribution in [0.1, 0.15) is 5.56 Å². The summed E-state index contributed by atoms with van der Waals surface area (Å²) in [5.74, 6) is 0.888. The van der Waals surface area contributed by atoms with Crippen molar-refractivity contribution in [3.8, 4) is 5.75 Å². The number of rotatable bonds is 4. The van der Waals surface area contributed by atoms with E-state index in [4.69, 9.17) is 17.0 Å². The Morgan fingerprint density at radius 1 is 1.24 bits per heavy atom. The average molecular weight is 363 g/mol. The molecule has 0 aliphatic rings. The van der Waals surface area contributed by atoms with Crippen molar-refractivity contribution in [3.63, 3.8) is 0 Å². The van der Waals surface area contributed by atoms with Crippen LogP contribution in [0, 0.1) is 4.77 Å². The van der Waals surface area contributed by atoms with Crippen LogP contribution in [-0.2, 0) is 13.0 Å². The minimum Gasteiger partial charge on any atom is -0.497 e. The predicted octanol–water partition coefficient (Wildman–Crippen LogP) is 4.71. The third kappa shape index (κ3) is 3.04. The second kappa shape index (κ2) is 6.03. The van der Waals surface area contributed by atoms with E-state index >= 15 is 0 Å². The van der Waals surface area contributed by atoms with Crippen molar-refractivity contribution >= 4 is 39.2 Å². The molecular weight excluding hydrogens is 348 g/mol. The molecule has 1 N–H and O–H groups in total. The molecule has 3 rings (SSSR count). The molecule has 0 bridgehead atoms. The summed E-state index contributed by atoms with van der Waals surface area (Å²) in [7, 11) is 1.69. The molecule has 0 saturated heterocycles. The van der Waals surface area contributed by atoms with Gasteiger partial charge in [0, 0.05) is 11.0 Å². The molecule has 0 atom stereocenters. The van der Waals surface area contributed by atoms with E-state index in [0.29, 0.717) is 0 Å². The number of ether oxygens (including phenoxy) is 1. The molecule has 3 aromatic rings. The van der Waals surface area contributed by atoms with E-state index in [9.17, 15) is 0 Å². The zero-order valence-corrected chi connectivity index (χ0v) is 14.0. The molecule has 108 valence electrons. The van der Waals surface area contributed by atoms with E-state index in [1.807, 2.05) is 24.3 Å². The molecule has 0 aliphatic heterocycles. The maximum Gasteiger partial charge on any atom is 0.178 e.